The molecule has 2 fully saturated rings. The SMILES string of the molecule is O=c1cc(-c2cccs2)[nH]cc1CN1CCNCC12CCCC2. The Morgan fingerprint density at radius 2 is 2.17 bits per heavy atom. The maximum Gasteiger partial charge on any atom is 0.186 e. The van der Waals surface area contributed by atoms with Gasteiger partial charge in [0.2, 0.25) is 0 Å². The van der Waals surface area contributed by atoms with Crippen LogP contribution < -0.4 is 10.7 Å². The van der Waals surface area contributed by atoms with Crippen LogP contribution in [-0.4, -0.2) is 35.1 Å². The molecule has 2 aliphatic rings. The van der Waals surface area contributed by atoms with Gasteiger partial charge in [0.15, 0.2) is 5.43 Å². The first-order valence-corrected chi connectivity index (χ1v) is 9.36. The van der Waals surface area contributed by atoms with Crippen LogP contribution in [0.1, 0.15) is 31.2 Å². The van der Waals surface area contributed by atoms with Crippen LogP contribution in [-0.2, 0) is 6.54 Å². The van der Waals surface area contributed by atoms with E-state index in [0.29, 0.717) is 0 Å². The molecular weight excluding hydrogens is 306 g/mol. The molecule has 5 heteroatoms. The first-order chi connectivity index (χ1) is 11.3. The third-order valence-electron chi connectivity index (χ3n) is 5.36. The second-order valence-electron chi connectivity index (χ2n) is 6.74. The van der Waals surface area contributed by atoms with Crippen molar-refractivity contribution in [3.8, 4) is 10.6 Å². The van der Waals surface area contributed by atoms with E-state index in [-0.39, 0.29) is 11.0 Å². The van der Waals surface area contributed by atoms with Crippen molar-refractivity contribution in [2.75, 3.05) is 19.6 Å². The van der Waals surface area contributed by atoms with Crippen LogP contribution in [0.2, 0.25) is 0 Å². The van der Waals surface area contributed by atoms with Gasteiger partial charge in [-0.25, -0.2) is 0 Å². The Morgan fingerprint density at radius 1 is 1.30 bits per heavy atom. The molecule has 3 heterocycles. The highest BCUT2D eigenvalue weighted by atomic mass is 32.1. The smallest absolute Gasteiger partial charge is 0.186 e. The quantitative estimate of drug-likeness (QED) is 0.910. The predicted molar refractivity (Wildman–Crippen MR) is 94.9 cm³/mol. The van der Waals surface area contributed by atoms with Crippen molar-refractivity contribution in [1.29, 1.82) is 0 Å². The van der Waals surface area contributed by atoms with Crippen molar-refractivity contribution in [3.63, 3.8) is 0 Å². The minimum Gasteiger partial charge on any atom is -0.360 e. The Morgan fingerprint density at radius 3 is 2.91 bits per heavy atom. The summed E-state index contributed by atoms with van der Waals surface area (Å²) in [5, 5.41) is 5.58. The summed E-state index contributed by atoms with van der Waals surface area (Å²) in [7, 11) is 0. The normalized spacial score (nSPS) is 21.0. The van der Waals surface area contributed by atoms with Gasteiger partial charge in [0.05, 0.1) is 10.6 Å². The maximum atomic E-state index is 12.6. The zero-order valence-corrected chi connectivity index (χ0v) is 14.1. The summed E-state index contributed by atoms with van der Waals surface area (Å²) < 4.78 is 0. The molecule has 122 valence electrons. The van der Waals surface area contributed by atoms with Crippen LogP contribution in [0.5, 0.6) is 0 Å². The van der Waals surface area contributed by atoms with E-state index in [1.54, 1.807) is 17.4 Å². The molecule has 2 N–H and O–H groups in total. The molecule has 0 atom stereocenters. The summed E-state index contributed by atoms with van der Waals surface area (Å²) in [6.45, 7) is 3.89. The van der Waals surface area contributed by atoms with Gasteiger partial charge in [0, 0.05) is 49.5 Å². The number of hydrogen-bond acceptors (Lipinski definition) is 4. The van der Waals surface area contributed by atoms with Gasteiger partial charge in [-0.15, -0.1) is 11.3 Å². The predicted octanol–water partition coefficient (Wildman–Crippen LogP) is 2.82. The number of rotatable bonds is 3. The Hall–Kier alpha value is -1.43. The zero-order chi connectivity index (χ0) is 15.7. The maximum absolute atomic E-state index is 12.6. The van der Waals surface area contributed by atoms with Crippen molar-refractivity contribution in [3.05, 3.63) is 45.6 Å². The third-order valence-corrected chi connectivity index (χ3v) is 6.26. The fraction of sp³-hybridized carbons (Fsp3) is 0.500. The number of thiophene rings is 1. The lowest BCUT2D eigenvalue weighted by atomic mass is 9.92. The molecule has 1 saturated carbocycles. The van der Waals surface area contributed by atoms with Gasteiger partial charge in [0.1, 0.15) is 0 Å². The number of hydrogen-bond donors (Lipinski definition) is 2. The van der Waals surface area contributed by atoms with E-state index in [1.165, 1.54) is 25.7 Å². The Kier molecular flexibility index (Phi) is 4.09. The van der Waals surface area contributed by atoms with Crippen LogP contribution in [0.25, 0.3) is 10.6 Å². The monoisotopic (exact) mass is 329 g/mol. The van der Waals surface area contributed by atoms with E-state index in [2.05, 4.69) is 15.2 Å². The first-order valence-electron chi connectivity index (χ1n) is 8.48. The fourth-order valence-corrected chi connectivity index (χ4v) is 4.77. The van der Waals surface area contributed by atoms with E-state index in [4.69, 9.17) is 0 Å². The van der Waals surface area contributed by atoms with Crippen molar-refractivity contribution in [1.82, 2.24) is 15.2 Å². The molecule has 2 aromatic heterocycles. The zero-order valence-electron chi connectivity index (χ0n) is 13.3. The summed E-state index contributed by atoms with van der Waals surface area (Å²) >= 11 is 1.65. The topological polar surface area (TPSA) is 48.1 Å². The molecular formula is C18H23N3OS. The highest BCUT2D eigenvalue weighted by Crippen LogP contribution is 2.36. The Bertz CT molecular complexity index is 716. The molecule has 2 aromatic rings. The van der Waals surface area contributed by atoms with Gasteiger partial charge in [-0.2, -0.15) is 0 Å². The van der Waals surface area contributed by atoms with Crippen molar-refractivity contribution in [2.45, 2.75) is 37.8 Å². The van der Waals surface area contributed by atoms with Gasteiger partial charge in [-0.1, -0.05) is 18.9 Å². The molecule has 1 saturated heterocycles. The number of pyridine rings is 1. The Labute approximate surface area is 140 Å². The van der Waals surface area contributed by atoms with Gasteiger partial charge in [0.25, 0.3) is 0 Å². The standard InChI is InChI=1S/C18H23N3OS/c22-16-10-15(17-4-3-9-23-17)20-11-14(16)12-21-8-7-19-13-18(21)5-1-2-6-18/h3-4,9-11,19H,1-2,5-8,12-13H2,(H,20,22). The summed E-state index contributed by atoms with van der Waals surface area (Å²) in [4.78, 5) is 19.5. The summed E-state index contributed by atoms with van der Waals surface area (Å²) in [5.74, 6) is 0. The second kappa shape index (κ2) is 6.23. The van der Waals surface area contributed by atoms with Gasteiger partial charge >= 0.3 is 0 Å². The molecule has 23 heavy (non-hydrogen) atoms. The van der Waals surface area contributed by atoms with Gasteiger partial charge in [-0.3, -0.25) is 9.69 Å². The van der Waals surface area contributed by atoms with E-state index >= 15 is 0 Å². The minimum atomic E-state index is 0.152. The van der Waals surface area contributed by atoms with Crippen LogP contribution in [0, 0.1) is 0 Å². The molecule has 0 aromatic carbocycles. The van der Waals surface area contributed by atoms with Crippen molar-refractivity contribution in [2.24, 2.45) is 0 Å². The lowest BCUT2D eigenvalue weighted by Gasteiger charge is -2.45. The molecule has 0 radical (unpaired) electrons. The molecule has 0 amide bonds. The van der Waals surface area contributed by atoms with E-state index in [1.807, 2.05) is 23.7 Å². The molecule has 4 nitrogen and oxygen atoms in total. The number of piperazine rings is 1. The van der Waals surface area contributed by atoms with Gasteiger partial charge in [-0.05, 0) is 24.3 Å². The lowest BCUT2D eigenvalue weighted by molar-refractivity contribution is 0.0569. The largest absolute Gasteiger partial charge is 0.360 e. The number of aromatic nitrogens is 1. The molecule has 1 spiro atoms. The molecule has 1 aliphatic heterocycles. The van der Waals surface area contributed by atoms with Crippen molar-refractivity contribution < 1.29 is 0 Å². The van der Waals surface area contributed by atoms with E-state index < -0.39 is 0 Å². The molecule has 1 aliphatic carbocycles. The van der Waals surface area contributed by atoms with Gasteiger partial charge < -0.3 is 10.3 Å². The van der Waals surface area contributed by atoms with E-state index in [0.717, 1.165) is 42.3 Å². The van der Waals surface area contributed by atoms with Crippen LogP contribution in [0.4, 0.5) is 0 Å². The lowest BCUT2D eigenvalue weighted by Crippen LogP contribution is -2.59. The average Bonchev–Trinajstić information content (AvgIpc) is 3.24. The number of aromatic amines is 1. The highest BCUT2D eigenvalue weighted by molar-refractivity contribution is 7.13. The summed E-state index contributed by atoms with van der Waals surface area (Å²) in [5.41, 5.74) is 2.24. The fourth-order valence-electron chi connectivity index (χ4n) is 4.06. The number of nitrogens with zero attached hydrogens (tertiary/aromatic N) is 1. The second-order valence-corrected chi connectivity index (χ2v) is 7.69. The van der Waals surface area contributed by atoms with Crippen LogP contribution >= 0.6 is 11.3 Å². The Balaban J connectivity index is 1.57. The van der Waals surface area contributed by atoms with E-state index in [9.17, 15) is 4.79 Å². The van der Waals surface area contributed by atoms with Crippen LogP contribution in [0.15, 0.2) is 34.6 Å². The molecule has 0 bridgehead atoms. The van der Waals surface area contributed by atoms with Crippen molar-refractivity contribution >= 4 is 11.3 Å². The summed E-state index contributed by atoms with van der Waals surface area (Å²) in [6, 6.07) is 5.81. The highest BCUT2D eigenvalue weighted by Gasteiger charge is 2.41. The summed E-state index contributed by atoms with van der Waals surface area (Å²) in [6.07, 6.45) is 7.05. The number of H-pyrrole nitrogens is 1. The number of nitrogens with one attached hydrogen (secondary N) is 2. The average molecular weight is 329 g/mol. The third kappa shape index (κ3) is 2.89. The minimum absolute atomic E-state index is 0.152. The van der Waals surface area contributed by atoms with Crippen LogP contribution in [0.3, 0.4) is 0 Å². The molecule has 4 rings (SSSR count). The molecule has 0 unspecified atom stereocenters. The first kappa shape index (κ1) is 15.1.